The SMILES string of the molecule is CC(C)(C)c1c[nH]cc1C(=O)O. The third kappa shape index (κ3) is 1.49. The normalized spacial score (nSPS) is 11.6. The van der Waals surface area contributed by atoms with E-state index in [9.17, 15) is 4.79 Å². The van der Waals surface area contributed by atoms with Crippen LogP contribution in [-0.4, -0.2) is 16.1 Å². The molecule has 0 spiro atoms. The largest absolute Gasteiger partial charge is 0.478 e. The molecule has 3 nitrogen and oxygen atoms in total. The number of hydrogen-bond donors (Lipinski definition) is 2. The fourth-order valence-corrected chi connectivity index (χ4v) is 1.16. The summed E-state index contributed by atoms with van der Waals surface area (Å²) in [6.07, 6.45) is 3.26. The number of rotatable bonds is 1. The fraction of sp³-hybridized carbons (Fsp3) is 0.444. The summed E-state index contributed by atoms with van der Waals surface area (Å²) >= 11 is 0. The number of H-pyrrole nitrogens is 1. The summed E-state index contributed by atoms with van der Waals surface area (Å²) in [7, 11) is 0. The molecule has 0 saturated carbocycles. The summed E-state index contributed by atoms with van der Waals surface area (Å²) in [6, 6.07) is 0. The van der Waals surface area contributed by atoms with Crippen LogP contribution in [0, 0.1) is 0 Å². The maximum atomic E-state index is 10.7. The highest BCUT2D eigenvalue weighted by molar-refractivity contribution is 5.89. The van der Waals surface area contributed by atoms with Gasteiger partial charge in [-0.25, -0.2) is 4.79 Å². The van der Waals surface area contributed by atoms with Crippen molar-refractivity contribution < 1.29 is 9.90 Å². The second kappa shape index (κ2) is 2.66. The van der Waals surface area contributed by atoms with Gasteiger partial charge < -0.3 is 10.1 Å². The van der Waals surface area contributed by atoms with Gasteiger partial charge in [0.1, 0.15) is 0 Å². The second-order valence-corrected chi connectivity index (χ2v) is 3.84. The predicted octanol–water partition coefficient (Wildman–Crippen LogP) is 2.01. The van der Waals surface area contributed by atoms with Gasteiger partial charge >= 0.3 is 5.97 Å². The Hall–Kier alpha value is -1.25. The van der Waals surface area contributed by atoms with E-state index in [1.165, 1.54) is 6.20 Å². The lowest BCUT2D eigenvalue weighted by Crippen LogP contribution is -2.14. The molecule has 0 aromatic carbocycles. The van der Waals surface area contributed by atoms with E-state index in [4.69, 9.17) is 5.11 Å². The van der Waals surface area contributed by atoms with Crippen LogP contribution in [0.5, 0.6) is 0 Å². The Balaban J connectivity index is 3.17. The molecule has 0 aliphatic heterocycles. The second-order valence-electron chi connectivity index (χ2n) is 3.84. The van der Waals surface area contributed by atoms with Crippen molar-refractivity contribution >= 4 is 5.97 Å². The predicted molar refractivity (Wildman–Crippen MR) is 46.5 cm³/mol. The molecule has 1 aromatic rings. The molecule has 1 aromatic heterocycles. The Morgan fingerprint density at radius 1 is 1.42 bits per heavy atom. The van der Waals surface area contributed by atoms with Crippen molar-refractivity contribution in [2.45, 2.75) is 26.2 Å². The molecule has 3 heteroatoms. The molecule has 1 rings (SSSR count). The number of carboxylic acids is 1. The lowest BCUT2D eigenvalue weighted by molar-refractivity contribution is 0.0694. The van der Waals surface area contributed by atoms with Crippen LogP contribution in [0.2, 0.25) is 0 Å². The van der Waals surface area contributed by atoms with E-state index in [2.05, 4.69) is 4.98 Å². The minimum atomic E-state index is -0.874. The van der Waals surface area contributed by atoms with Gasteiger partial charge in [-0.2, -0.15) is 0 Å². The highest BCUT2D eigenvalue weighted by Gasteiger charge is 2.21. The van der Waals surface area contributed by atoms with Crippen LogP contribution in [0.3, 0.4) is 0 Å². The molecular formula is C9H13NO2. The van der Waals surface area contributed by atoms with Crippen molar-refractivity contribution in [3.05, 3.63) is 23.5 Å². The number of carbonyl (C=O) groups is 1. The van der Waals surface area contributed by atoms with Gasteiger partial charge in [0.05, 0.1) is 5.56 Å². The van der Waals surface area contributed by atoms with Crippen molar-refractivity contribution in [3.8, 4) is 0 Å². The first-order valence-corrected chi connectivity index (χ1v) is 3.83. The minimum absolute atomic E-state index is 0.117. The number of carboxylic acid groups (broad SMARTS) is 1. The summed E-state index contributed by atoms with van der Waals surface area (Å²) in [6.45, 7) is 5.97. The molecular weight excluding hydrogens is 154 g/mol. The van der Waals surface area contributed by atoms with Crippen molar-refractivity contribution in [2.75, 3.05) is 0 Å². The number of nitrogens with one attached hydrogen (secondary N) is 1. The molecule has 0 aliphatic carbocycles. The number of aromatic amines is 1. The average molecular weight is 167 g/mol. The highest BCUT2D eigenvalue weighted by Crippen LogP contribution is 2.25. The molecule has 1 heterocycles. The molecule has 0 radical (unpaired) electrons. The van der Waals surface area contributed by atoms with E-state index in [-0.39, 0.29) is 5.41 Å². The van der Waals surface area contributed by atoms with Crippen molar-refractivity contribution in [2.24, 2.45) is 0 Å². The highest BCUT2D eigenvalue weighted by atomic mass is 16.4. The average Bonchev–Trinajstić information content (AvgIpc) is 2.30. The van der Waals surface area contributed by atoms with Crippen LogP contribution in [-0.2, 0) is 5.41 Å². The third-order valence-corrected chi connectivity index (χ3v) is 1.78. The van der Waals surface area contributed by atoms with Crippen LogP contribution in [0.15, 0.2) is 12.4 Å². The van der Waals surface area contributed by atoms with E-state index in [1.807, 2.05) is 20.8 Å². The first kappa shape index (κ1) is 8.84. The van der Waals surface area contributed by atoms with Crippen LogP contribution < -0.4 is 0 Å². The zero-order valence-electron chi connectivity index (χ0n) is 7.51. The Labute approximate surface area is 71.4 Å². The lowest BCUT2D eigenvalue weighted by Gasteiger charge is -2.17. The maximum absolute atomic E-state index is 10.7. The Bertz CT molecular complexity index is 294. The molecule has 0 bridgehead atoms. The van der Waals surface area contributed by atoms with Gasteiger partial charge in [-0.1, -0.05) is 20.8 Å². The first-order chi connectivity index (χ1) is 5.43. The van der Waals surface area contributed by atoms with Gasteiger partial charge in [-0.3, -0.25) is 0 Å². The van der Waals surface area contributed by atoms with Gasteiger partial charge in [0, 0.05) is 12.4 Å². The summed E-state index contributed by atoms with van der Waals surface area (Å²) < 4.78 is 0. The Kier molecular flexibility index (Phi) is 1.96. The standard InChI is InChI=1S/C9H13NO2/c1-9(2,3)7-5-10-4-6(7)8(11)12/h4-5,10H,1-3H3,(H,11,12). The van der Waals surface area contributed by atoms with Gasteiger partial charge in [-0.05, 0) is 11.0 Å². The van der Waals surface area contributed by atoms with Crippen LogP contribution >= 0.6 is 0 Å². The van der Waals surface area contributed by atoms with E-state index in [1.54, 1.807) is 6.20 Å². The molecule has 0 amide bonds. The maximum Gasteiger partial charge on any atom is 0.337 e. The van der Waals surface area contributed by atoms with Gasteiger partial charge in [0.25, 0.3) is 0 Å². The molecule has 2 N–H and O–H groups in total. The topological polar surface area (TPSA) is 53.1 Å². The monoisotopic (exact) mass is 167 g/mol. The van der Waals surface area contributed by atoms with Gasteiger partial charge in [0.15, 0.2) is 0 Å². The number of aromatic carboxylic acids is 1. The van der Waals surface area contributed by atoms with E-state index < -0.39 is 5.97 Å². The van der Waals surface area contributed by atoms with E-state index in [0.717, 1.165) is 5.56 Å². The van der Waals surface area contributed by atoms with Crippen LogP contribution in [0.1, 0.15) is 36.7 Å². The quantitative estimate of drug-likeness (QED) is 0.672. The van der Waals surface area contributed by atoms with Crippen molar-refractivity contribution in [1.82, 2.24) is 4.98 Å². The zero-order chi connectivity index (χ0) is 9.35. The molecule has 0 saturated heterocycles. The number of aromatic nitrogens is 1. The Morgan fingerprint density at radius 2 is 2.00 bits per heavy atom. The third-order valence-electron chi connectivity index (χ3n) is 1.78. The molecule has 0 unspecified atom stereocenters. The van der Waals surface area contributed by atoms with Crippen molar-refractivity contribution in [1.29, 1.82) is 0 Å². The van der Waals surface area contributed by atoms with Crippen molar-refractivity contribution in [3.63, 3.8) is 0 Å². The lowest BCUT2D eigenvalue weighted by atomic mass is 9.86. The van der Waals surface area contributed by atoms with Crippen LogP contribution in [0.4, 0.5) is 0 Å². The smallest absolute Gasteiger partial charge is 0.337 e. The Morgan fingerprint density at radius 3 is 2.33 bits per heavy atom. The molecule has 0 aliphatic rings. The van der Waals surface area contributed by atoms with Crippen LogP contribution in [0.25, 0.3) is 0 Å². The fourth-order valence-electron chi connectivity index (χ4n) is 1.16. The summed E-state index contributed by atoms with van der Waals surface area (Å²) in [5.74, 6) is -0.874. The number of hydrogen-bond acceptors (Lipinski definition) is 1. The molecule has 66 valence electrons. The molecule has 12 heavy (non-hydrogen) atoms. The molecule has 0 atom stereocenters. The van der Waals surface area contributed by atoms with Gasteiger partial charge in [-0.15, -0.1) is 0 Å². The zero-order valence-corrected chi connectivity index (χ0v) is 7.51. The van der Waals surface area contributed by atoms with E-state index in [0.29, 0.717) is 5.56 Å². The minimum Gasteiger partial charge on any atom is -0.478 e. The van der Waals surface area contributed by atoms with Gasteiger partial charge in [0.2, 0.25) is 0 Å². The molecule has 0 fully saturated rings. The summed E-state index contributed by atoms with van der Waals surface area (Å²) in [5.41, 5.74) is 1.09. The first-order valence-electron chi connectivity index (χ1n) is 3.83. The van der Waals surface area contributed by atoms with E-state index >= 15 is 0 Å². The summed E-state index contributed by atoms with van der Waals surface area (Å²) in [5, 5.41) is 8.80. The summed E-state index contributed by atoms with van der Waals surface area (Å²) in [4.78, 5) is 13.5.